The molecule has 10 unspecified atom stereocenters. The van der Waals surface area contributed by atoms with Gasteiger partial charge in [0.25, 0.3) is 0 Å². The maximum absolute atomic E-state index is 11.9. The van der Waals surface area contributed by atoms with Gasteiger partial charge >= 0.3 is 5.97 Å². The summed E-state index contributed by atoms with van der Waals surface area (Å²) in [4.78, 5) is 11.9. The second-order valence-corrected chi connectivity index (χ2v) is 6.84. The largest absolute Gasteiger partial charge is 0.433 e. The molecular formula is C16H28O11. The van der Waals surface area contributed by atoms with Crippen LogP contribution in [0, 0.1) is 5.92 Å². The van der Waals surface area contributed by atoms with Gasteiger partial charge < -0.3 is 49.6 Å². The number of carbonyl (C=O) groups excluding carboxylic acids is 1. The van der Waals surface area contributed by atoms with Gasteiger partial charge in [-0.15, -0.1) is 0 Å². The Morgan fingerprint density at radius 2 is 1.63 bits per heavy atom. The summed E-state index contributed by atoms with van der Waals surface area (Å²) in [5.74, 6) is -1.08. The standard InChI is InChI=1S/C16H28O11/c1-3-6(2)14(23)27-16-13(22)11(20)10(19)8(26-16)5-25-15-12(21)9(18)7(17)4-24-15/h6-13,15-22H,3-5H2,1-2H3. The zero-order chi connectivity index (χ0) is 20.3. The summed E-state index contributed by atoms with van der Waals surface area (Å²) in [6, 6.07) is 0. The highest BCUT2D eigenvalue weighted by molar-refractivity contribution is 5.72. The number of rotatable bonds is 6. The van der Waals surface area contributed by atoms with E-state index in [0.29, 0.717) is 6.42 Å². The minimum atomic E-state index is -1.66. The van der Waals surface area contributed by atoms with E-state index in [9.17, 15) is 35.4 Å². The van der Waals surface area contributed by atoms with Crippen molar-refractivity contribution in [1.29, 1.82) is 0 Å². The van der Waals surface area contributed by atoms with Gasteiger partial charge in [-0.05, 0) is 6.42 Å². The number of hydrogen-bond donors (Lipinski definition) is 6. The van der Waals surface area contributed by atoms with Crippen LogP contribution in [0.4, 0.5) is 0 Å². The van der Waals surface area contributed by atoms with Crippen molar-refractivity contribution in [2.24, 2.45) is 5.92 Å². The molecule has 2 heterocycles. The van der Waals surface area contributed by atoms with Crippen LogP contribution in [0.1, 0.15) is 20.3 Å². The van der Waals surface area contributed by atoms with E-state index >= 15 is 0 Å². The van der Waals surface area contributed by atoms with Crippen LogP contribution in [0.3, 0.4) is 0 Å². The van der Waals surface area contributed by atoms with Gasteiger partial charge in [-0.2, -0.15) is 0 Å². The highest BCUT2D eigenvalue weighted by Gasteiger charge is 2.47. The molecule has 2 saturated heterocycles. The van der Waals surface area contributed by atoms with E-state index < -0.39 is 73.8 Å². The molecule has 6 N–H and O–H groups in total. The molecule has 0 saturated carbocycles. The summed E-state index contributed by atoms with van der Waals surface area (Å²) >= 11 is 0. The normalized spacial score (nSPS) is 43.9. The number of esters is 1. The lowest BCUT2D eigenvalue weighted by Gasteiger charge is -2.41. The lowest BCUT2D eigenvalue weighted by atomic mass is 9.99. The smallest absolute Gasteiger partial charge is 0.311 e. The van der Waals surface area contributed by atoms with Crippen molar-refractivity contribution in [3.8, 4) is 0 Å². The molecule has 2 fully saturated rings. The van der Waals surface area contributed by atoms with Crippen molar-refractivity contribution in [3.05, 3.63) is 0 Å². The zero-order valence-corrected chi connectivity index (χ0v) is 15.1. The van der Waals surface area contributed by atoms with Crippen molar-refractivity contribution in [2.75, 3.05) is 13.2 Å². The third-order valence-corrected chi connectivity index (χ3v) is 4.79. The second-order valence-electron chi connectivity index (χ2n) is 6.84. The highest BCUT2D eigenvalue weighted by Crippen LogP contribution is 2.25. The minimum absolute atomic E-state index is 0.270. The van der Waals surface area contributed by atoms with Crippen LogP contribution >= 0.6 is 0 Å². The molecule has 0 aromatic carbocycles. The first kappa shape index (κ1) is 22.4. The van der Waals surface area contributed by atoms with E-state index in [1.165, 1.54) is 0 Å². The third kappa shape index (κ3) is 5.13. The number of ether oxygens (including phenoxy) is 4. The molecule has 2 aliphatic heterocycles. The van der Waals surface area contributed by atoms with Gasteiger partial charge in [-0.3, -0.25) is 4.79 Å². The summed E-state index contributed by atoms with van der Waals surface area (Å²) in [7, 11) is 0. The van der Waals surface area contributed by atoms with E-state index in [4.69, 9.17) is 18.9 Å². The van der Waals surface area contributed by atoms with E-state index in [1.807, 2.05) is 0 Å². The fourth-order valence-corrected chi connectivity index (χ4v) is 2.66. The van der Waals surface area contributed by atoms with Crippen LogP contribution in [-0.4, -0.2) is 105 Å². The molecule has 0 aromatic rings. The molecule has 2 aliphatic rings. The van der Waals surface area contributed by atoms with E-state index in [1.54, 1.807) is 13.8 Å². The average Bonchev–Trinajstić information content (AvgIpc) is 2.66. The maximum Gasteiger partial charge on any atom is 0.311 e. The fraction of sp³-hybridized carbons (Fsp3) is 0.938. The zero-order valence-electron chi connectivity index (χ0n) is 15.1. The van der Waals surface area contributed by atoms with Crippen LogP contribution < -0.4 is 0 Å². The van der Waals surface area contributed by atoms with Crippen molar-refractivity contribution in [3.63, 3.8) is 0 Å². The summed E-state index contributed by atoms with van der Waals surface area (Å²) in [6.45, 7) is 2.73. The van der Waals surface area contributed by atoms with E-state index in [0.717, 1.165) is 0 Å². The Morgan fingerprint density at radius 3 is 2.26 bits per heavy atom. The summed E-state index contributed by atoms with van der Waals surface area (Å²) in [5, 5.41) is 58.9. The fourth-order valence-electron chi connectivity index (χ4n) is 2.66. The number of aliphatic hydroxyl groups is 6. The van der Waals surface area contributed by atoms with Crippen LogP contribution in [0.25, 0.3) is 0 Å². The molecule has 11 nitrogen and oxygen atoms in total. The van der Waals surface area contributed by atoms with Crippen molar-refractivity contribution in [1.82, 2.24) is 0 Å². The summed E-state index contributed by atoms with van der Waals surface area (Å²) < 4.78 is 20.7. The Morgan fingerprint density at radius 1 is 1.00 bits per heavy atom. The van der Waals surface area contributed by atoms with Gasteiger partial charge in [0, 0.05) is 0 Å². The Bertz CT molecular complexity index is 489. The molecule has 2 rings (SSSR count). The van der Waals surface area contributed by atoms with Gasteiger partial charge in [0.05, 0.1) is 19.1 Å². The maximum atomic E-state index is 11.9. The summed E-state index contributed by atoms with van der Waals surface area (Å²) in [6.07, 6.45) is -12.7. The molecule has 0 bridgehead atoms. The van der Waals surface area contributed by atoms with Crippen LogP contribution in [0.2, 0.25) is 0 Å². The quantitative estimate of drug-likeness (QED) is 0.250. The molecule has 27 heavy (non-hydrogen) atoms. The Balaban J connectivity index is 1.96. The van der Waals surface area contributed by atoms with Crippen molar-refractivity contribution < 1.29 is 54.4 Å². The van der Waals surface area contributed by atoms with E-state index in [-0.39, 0.29) is 6.61 Å². The molecule has 0 amide bonds. The Kier molecular flexibility index (Phi) is 7.92. The predicted octanol–water partition coefficient (Wildman–Crippen LogP) is -3.16. The number of aliphatic hydroxyl groups excluding tert-OH is 6. The molecule has 158 valence electrons. The molecule has 0 radical (unpaired) electrons. The SMILES string of the molecule is CCC(C)C(=O)OC1OC(COC2OCC(O)C(O)C2O)C(O)C(O)C1O. The highest BCUT2D eigenvalue weighted by atomic mass is 16.7. The van der Waals surface area contributed by atoms with E-state index in [2.05, 4.69) is 0 Å². The summed E-state index contributed by atoms with van der Waals surface area (Å²) in [5.41, 5.74) is 0. The molecule has 0 aliphatic carbocycles. The van der Waals surface area contributed by atoms with Crippen LogP contribution in [-0.2, 0) is 23.7 Å². The molecule has 0 aromatic heterocycles. The minimum Gasteiger partial charge on any atom is -0.433 e. The average molecular weight is 396 g/mol. The lowest BCUT2D eigenvalue weighted by molar-refractivity contribution is -0.315. The van der Waals surface area contributed by atoms with Gasteiger partial charge in [0.1, 0.15) is 42.7 Å². The lowest BCUT2D eigenvalue weighted by Crippen LogP contribution is -2.60. The van der Waals surface area contributed by atoms with Crippen molar-refractivity contribution in [2.45, 2.75) is 75.6 Å². The molecular weight excluding hydrogens is 368 g/mol. The molecule has 11 heteroatoms. The number of carbonyl (C=O) groups is 1. The van der Waals surface area contributed by atoms with Gasteiger partial charge in [-0.1, -0.05) is 13.8 Å². The first-order valence-electron chi connectivity index (χ1n) is 8.84. The van der Waals surface area contributed by atoms with Crippen LogP contribution in [0.15, 0.2) is 0 Å². The Labute approximate surface area is 156 Å². The van der Waals surface area contributed by atoms with Gasteiger partial charge in [0.2, 0.25) is 6.29 Å². The predicted molar refractivity (Wildman–Crippen MR) is 85.9 cm³/mol. The first-order chi connectivity index (χ1) is 12.7. The second kappa shape index (κ2) is 9.54. The van der Waals surface area contributed by atoms with Gasteiger partial charge in [0.15, 0.2) is 6.29 Å². The van der Waals surface area contributed by atoms with Gasteiger partial charge in [-0.25, -0.2) is 0 Å². The topological polar surface area (TPSA) is 175 Å². The Hall–Kier alpha value is -0.890. The number of hydrogen-bond acceptors (Lipinski definition) is 11. The molecule has 0 spiro atoms. The molecule has 10 atom stereocenters. The van der Waals surface area contributed by atoms with Crippen molar-refractivity contribution >= 4 is 5.97 Å². The first-order valence-corrected chi connectivity index (χ1v) is 8.84. The third-order valence-electron chi connectivity index (χ3n) is 4.79. The van der Waals surface area contributed by atoms with Crippen LogP contribution in [0.5, 0.6) is 0 Å². The monoisotopic (exact) mass is 396 g/mol.